The van der Waals surface area contributed by atoms with Crippen molar-refractivity contribution in [3.63, 3.8) is 0 Å². The second-order valence-electron chi connectivity index (χ2n) is 4.41. The summed E-state index contributed by atoms with van der Waals surface area (Å²) in [6, 6.07) is 4.38. The van der Waals surface area contributed by atoms with E-state index < -0.39 is 36.2 Å². The average Bonchev–Trinajstić information content (AvgIpc) is 2.44. The number of halogens is 1. The lowest BCUT2D eigenvalue weighted by molar-refractivity contribution is -0.141. The standard InChI is InChI=1S/C14H17FN2O4/c1-2-5-11(14(20)21)17-12(18)8-16-13(19)9-6-3-4-7-10(9)15/h3-4,6-7,11H,2,5,8H2,1H3,(H,16,19)(H,17,18)(H,20,21). The van der Waals surface area contributed by atoms with Crippen molar-refractivity contribution < 1.29 is 23.9 Å². The van der Waals surface area contributed by atoms with E-state index in [4.69, 9.17) is 5.11 Å². The Kier molecular flexibility index (Phi) is 6.32. The molecule has 3 N–H and O–H groups in total. The van der Waals surface area contributed by atoms with Gasteiger partial charge in [0.1, 0.15) is 11.9 Å². The minimum atomic E-state index is -1.13. The van der Waals surface area contributed by atoms with Crippen molar-refractivity contribution in [3.05, 3.63) is 35.6 Å². The van der Waals surface area contributed by atoms with Crippen LogP contribution >= 0.6 is 0 Å². The number of hydrogen-bond acceptors (Lipinski definition) is 3. The summed E-state index contributed by atoms with van der Waals surface area (Å²) in [6.45, 7) is 1.38. The molecule has 0 saturated carbocycles. The maximum absolute atomic E-state index is 13.3. The zero-order chi connectivity index (χ0) is 15.8. The largest absolute Gasteiger partial charge is 0.480 e. The number of carboxylic acid groups (broad SMARTS) is 1. The molecular formula is C14H17FN2O4. The lowest BCUT2D eigenvalue weighted by Crippen LogP contribution is -2.45. The molecule has 0 spiro atoms. The highest BCUT2D eigenvalue weighted by molar-refractivity contribution is 5.97. The number of carbonyl (C=O) groups excluding carboxylic acids is 2. The molecule has 1 atom stereocenters. The fourth-order valence-corrected chi connectivity index (χ4v) is 1.69. The molecule has 2 amide bonds. The minimum Gasteiger partial charge on any atom is -0.480 e. The van der Waals surface area contributed by atoms with Gasteiger partial charge >= 0.3 is 5.97 Å². The quantitative estimate of drug-likeness (QED) is 0.697. The van der Waals surface area contributed by atoms with E-state index in [0.717, 1.165) is 6.07 Å². The van der Waals surface area contributed by atoms with Gasteiger partial charge in [0.05, 0.1) is 12.1 Å². The van der Waals surface area contributed by atoms with Gasteiger partial charge < -0.3 is 15.7 Å². The van der Waals surface area contributed by atoms with E-state index in [0.29, 0.717) is 12.8 Å². The summed E-state index contributed by atoms with van der Waals surface area (Å²) in [5.41, 5.74) is -0.173. The molecule has 1 aromatic rings. The van der Waals surface area contributed by atoms with Crippen LogP contribution in [0.25, 0.3) is 0 Å². The number of aliphatic carboxylic acids is 1. The zero-order valence-corrected chi connectivity index (χ0v) is 11.6. The predicted octanol–water partition coefficient (Wildman–Crippen LogP) is 0.925. The Morgan fingerprint density at radius 1 is 1.29 bits per heavy atom. The van der Waals surface area contributed by atoms with Crippen LogP contribution in [-0.2, 0) is 9.59 Å². The molecule has 114 valence electrons. The van der Waals surface area contributed by atoms with E-state index in [1.807, 2.05) is 0 Å². The summed E-state index contributed by atoms with van der Waals surface area (Å²) in [5, 5.41) is 13.4. The summed E-state index contributed by atoms with van der Waals surface area (Å²) in [6.07, 6.45) is 0.890. The zero-order valence-electron chi connectivity index (χ0n) is 11.6. The molecule has 1 rings (SSSR count). The van der Waals surface area contributed by atoms with Gasteiger partial charge in [-0.15, -0.1) is 0 Å². The summed E-state index contributed by atoms with van der Waals surface area (Å²) < 4.78 is 13.3. The van der Waals surface area contributed by atoms with Crippen molar-refractivity contribution in [2.75, 3.05) is 6.54 Å². The van der Waals surface area contributed by atoms with Crippen molar-refractivity contribution in [3.8, 4) is 0 Å². The molecular weight excluding hydrogens is 279 g/mol. The SMILES string of the molecule is CCCC(NC(=O)CNC(=O)c1ccccc1F)C(=O)O. The molecule has 0 saturated heterocycles. The Morgan fingerprint density at radius 3 is 2.52 bits per heavy atom. The van der Waals surface area contributed by atoms with E-state index in [1.54, 1.807) is 6.92 Å². The van der Waals surface area contributed by atoms with Gasteiger partial charge in [0.2, 0.25) is 5.91 Å². The van der Waals surface area contributed by atoms with Crippen LogP contribution in [0.2, 0.25) is 0 Å². The summed E-state index contributed by atoms with van der Waals surface area (Å²) in [4.78, 5) is 34.1. The Labute approximate surface area is 121 Å². The van der Waals surface area contributed by atoms with Gasteiger partial charge in [-0.05, 0) is 18.6 Å². The van der Waals surface area contributed by atoms with Gasteiger partial charge in [-0.3, -0.25) is 9.59 Å². The summed E-state index contributed by atoms with van der Waals surface area (Å²) in [5.74, 6) is -3.19. The molecule has 0 heterocycles. The monoisotopic (exact) mass is 296 g/mol. The number of benzene rings is 1. The normalized spacial score (nSPS) is 11.5. The Bertz CT molecular complexity index is 533. The van der Waals surface area contributed by atoms with Crippen LogP contribution in [0.1, 0.15) is 30.1 Å². The van der Waals surface area contributed by atoms with Gasteiger partial charge in [0.15, 0.2) is 0 Å². The third-order valence-electron chi connectivity index (χ3n) is 2.74. The Hall–Kier alpha value is -2.44. The van der Waals surface area contributed by atoms with Crippen molar-refractivity contribution in [1.29, 1.82) is 0 Å². The number of carbonyl (C=O) groups is 3. The van der Waals surface area contributed by atoms with Gasteiger partial charge in [-0.25, -0.2) is 9.18 Å². The lowest BCUT2D eigenvalue weighted by Gasteiger charge is -2.13. The molecule has 21 heavy (non-hydrogen) atoms. The summed E-state index contributed by atoms with van der Waals surface area (Å²) in [7, 11) is 0. The first-order valence-electron chi connectivity index (χ1n) is 6.50. The van der Waals surface area contributed by atoms with Gasteiger partial charge in [-0.1, -0.05) is 25.5 Å². The van der Waals surface area contributed by atoms with Gasteiger partial charge in [0.25, 0.3) is 5.91 Å². The smallest absolute Gasteiger partial charge is 0.326 e. The maximum atomic E-state index is 13.3. The van der Waals surface area contributed by atoms with Gasteiger partial charge in [0, 0.05) is 0 Å². The number of carboxylic acids is 1. The molecule has 0 aliphatic heterocycles. The number of rotatable bonds is 7. The average molecular weight is 296 g/mol. The number of nitrogens with one attached hydrogen (secondary N) is 2. The fraction of sp³-hybridized carbons (Fsp3) is 0.357. The lowest BCUT2D eigenvalue weighted by atomic mass is 10.1. The van der Waals surface area contributed by atoms with E-state index in [2.05, 4.69) is 10.6 Å². The van der Waals surface area contributed by atoms with Crippen LogP contribution in [0.15, 0.2) is 24.3 Å². The minimum absolute atomic E-state index is 0.173. The van der Waals surface area contributed by atoms with Crippen LogP contribution in [0.5, 0.6) is 0 Å². The molecule has 0 aliphatic rings. The Morgan fingerprint density at radius 2 is 1.95 bits per heavy atom. The van der Waals surface area contributed by atoms with Crippen molar-refractivity contribution >= 4 is 17.8 Å². The van der Waals surface area contributed by atoms with E-state index in [1.165, 1.54) is 18.2 Å². The molecule has 0 bridgehead atoms. The molecule has 0 aliphatic carbocycles. The van der Waals surface area contributed by atoms with Crippen LogP contribution in [0.3, 0.4) is 0 Å². The van der Waals surface area contributed by atoms with Gasteiger partial charge in [-0.2, -0.15) is 0 Å². The molecule has 1 unspecified atom stereocenters. The predicted molar refractivity (Wildman–Crippen MR) is 73.2 cm³/mol. The van der Waals surface area contributed by atoms with Crippen LogP contribution < -0.4 is 10.6 Å². The topological polar surface area (TPSA) is 95.5 Å². The molecule has 0 radical (unpaired) electrons. The number of amides is 2. The van der Waals surface area contributed by atoms with Crippen LogP contribution in [0, 0.1) is 5.82 Å². The third-order valence-corrected chi connectivity index (χ3v) is 2.74. The summed E-state index contributed by atoms with van der Waals surface area (Å²) >= 11 is 0. The first-order chi connectivity index (χ1) is 9.95. The van der Waals surface area contributed by atoms with E-state index >= 15 is 0 Å². The molecule has 6 nitrogen and oxygen atoms in total. The van der Waals surface area contributed by atoms with Crippen LogP contribution in [0.4, 0.5) is 4.39 Å². The highest BCUT2D eigenvalue weighted by Gasteiger charge is 2.19. The maximum Gasteiger partial charge on any atom is 0.326 e. The first-order valence-corrected chi connectivity index (χ1v) is 6.50. The first kappa shape index (κ1) is 16.6. The van der Waals surface area contributed by atoms with Crippen molar-refractivity contribution in [1.82, 2.24) is 10.6 Å². The molecule has 0 aromatic heterocycles. The number of hydrogen-bond donors (Lipinski definition) is 3. The Balaban J connectivity index is 2.51. The van der Waals surface area contributed by atoms with Crippen LogP contribution in [-0.4, -0.2) is 35.5 Å². The van der Waals surface area contributed by atoms with E-state index in [-0.39, 0.29) is 5.56 Å². The fourth-order valence-electron chi connectivity index (χ4n) is 1.69. The van der Waals surface area contributed by atoms with E-state index in [9.17, 15) is 18.8 Å². The molecule has 0 fully saturated rings. The molecule has 1 aromatic carbocycles. The van der Waals surface area contributed by atoms with Crippen molar-refractivity contribution in [2.45, 2.75) is 25.8 Å². The second kappa shape index (κ2) is 7.98. The highest BCUT2D eigenvalue weighted by atomic mass is 19.1. The third kappa shape index (κ3) is 5.21. The molecule has 7 heteroatoms. The van der Waals surface area contributed by atoms with Crippen molar-refractivity contribution in [2.24, 2.45) is 0 Å². The second-order valence-corrected chi connectivity index (χ2v) is 4.41. The highest BCUT2D eigenvalue weighted by Crippen LogP contribution is 2.05.